The number of hydrazine groups is 1. The van der Waals surface area contributed by atoms with Gasteiger partial charge in [0.2, 0.25) is 5.91 Å². The molecule has 3 aromatic heterocycles. The van der Waals surface area contributed by atoms with Gasteiger partial charge in [0.05, 0.1) is 11.7 Å². The van der Waals surface area contributed by atoms with Gasteiger partial charge in [-0.05, 0) is 30.0 Å². The first-order valence-electron chi connectivity index (χ1n) is 8.64. The summed E-state index contributed by atoms with van der Waals surface area (Å²) in [6, 6.07) is 11.8. The van der Waals surface area contributed by atoms with Crippen LogP contribution in [-0.2, 0) is 4.79 Å². The summed E-state index contributed by atoms with van der Waals surface area (Å²) in [5, 5.41) is 7.05. The minimum absolute atomic E-state index is 0.0307. The first kappa shape index (κ1) is 16.6. The highest BCUT2D eigenvalue weighted by molar-refractivity contribution is 7.15. The van der Waals surface area contributed by atoms with Crippen molar-refractivity contribution in [2.75, 3.05) is 5.32 Å². The zero-order valence-electron chi connectivity index (χ0n) is 14.3. The van der Waals surface area contributed by atoms with Crippen molar-refractivity contribution in [2.24, 2.45) is 0 Å². The summed E-state index contributed by atoms with van der Waals surface area (Å²) in [6.45, 7) is 0. The molecule has 1 amide bonds. The number of benzene rings is 1. The van der Waals surface area contributed by atoms with E-state index in [4.69, 9.17) is 0 Å². The summed E-state index contributed by atoms with van der Waals surface area (Å²) in [6.07, 6.45) is 4.74. The standard InChI is InChI=1S/C19H17N5OS2/c25-18(15-10-14(22-23-15)17-2-1-8-26-17)20-13-5-3-12(4-6-13)16-11-24-7-9-27-19(24)21-16/h1-9,11,14-15,22-23H,10H2,(H,20,25). The van der Waals surface area contributed by atoms with Crippen molar-refractivity contribution in [1.82, 2.24) is 20.2 Å². The third-order valence-corrected chi connectivity index (χ3v) is 6.40. The molecule has 1 fully saturated rings. The summed E-state index contributed by atoms with van der Waals surface area (Å²) < 4.78 is 2.01. The van der Waals surface area contributed by atoms with Gasteiger partial charge >= 0.3 is 0 Å². The lowest BCUT2D eigenvalue weighted by atomic mass is 10.1. The summed E-state index contributed by atoms with van der Waals surface area (Å²) in [5.41, 5.74) is 9.05. The van der Waals surface area contributed by atoms with Crippen LogP contribution >= 0.6 is 22.7 Å². The number of imidazole rings is 1. The Labute approximate surface area is 163 Å². The second-order valence-electron chi connectivity index (χ2n) is 6.43. The molecular formula is C19H17N5OS2. The maximum atomic E-state index is 12.5. The number of nitrogens with one attached hydrogen (secondary N) is 3. The van der Waals surface area contributed by atoms with Crippen molar-refractivity contribution in [1.29, 1.82) is 0 Å². The number of hydrogen-bond donors (Lipinski definition) is 3. The van der Waals surface area contributed by atoms with Crippen LogP contribution in [0.1, 0.15) is 17.3 Å². The number of rotatable bonds is 4. The van der Waals surface area contributed by atoms with E-state index in [0.717, 1.165) is 28.3 Å². The van der Waals surface area contributed by atoms with Crippen LogP contribution in [0.5, 0.6) is 0 Å². The first-order valence-corrected chi connectivity index (χ1v) is 10.4. The minimum Gasteiger partial charge on any atom is -0.325 e. The Bertz CT molecular complexity index is 1040. The Balaban J connectivity index is 1.24. The predicted octanol–water partition coefficient (Wildman–Crippen LogP) is 3.67. The third-order valence-electron chi connectivity index (χ3n) is 4.65. The van der Waals surface area contributed by atoms with Crippen molar-refractivity contribution in [3.8, 4) is 11.3 Å². The Hall–Kier alpha value is -2.52. The quantitative estimate of drug-likeness (QED) is 0.493. The van der Waals surface area contributed by atoms with E-state index < -0.39 is 0 Å². The fourth-order valence-corrected chi connectivity index (χ4v) is 4.72. The van der Waals surface area contributed by atoms with E-state index in [1.807, 2.05) is 52.5 Å². The molecule has 136 valence electrons. The molecule has 3 N–H and O–H groups in total. The van der Waals surface area contributed by atoms with Crippen molar-refractivity contribution in [2.45, 2.75) is 18.5 Å². The lowest BCUT2D eigenvalue weighted by Crippen LogP contribution is -2.39. The van der Waals surface area contributed by atoms with Gasteiger partial charge in [-0.15, -0.1) is 22.7 Å². The Morgan fingerprint density at radius 3 is 2.81 bits per heavy atom. The molecule has 5 rings (SSSR count). The van der Waals surface area contributed by atoms with Crippen LogP contribution in [0.15, 0.2) is 59.6 Å². The van der Waals surface area contributed by atoms with Crippen LogP contribution in [-0.4, -0.2) is 21.3 Å². The predicted molar refractivity (Wildman–Crippen MR) is 109 cm³/mol. The van der Waals surface area contributed by atoms with Gasteiger partial charge in [0.1, 0.15) is 6.04 Å². The van der Waals surface area contributed by atoms with Gasteiger partial charge in [0, 0.05) is 33.9 Å². The molecule has 1 aromatic carbocycles. The monoisotopic (exact) mass is 395 g/mol. The van der Waals surface area contributed by atoms with E-state index in [1.54, 1.807) is 22.7 Å². The Morgan fingerprint density at radius 2 is 2.04 bits per heavy atom. The van der Waals surface area contributed by atoms with Crippen LogP contribution in [0.3, 0.4) is 0 Å². The van der Waals surface area contributed by atoms with Gasteiger partial charge in [0.15, 0.2) is 4.96 Å². The number of anilines is 1. The Morgan fingerprint density at radius 1 is 1.15 bits per heavy atom. The molecule has 27 heavy (non-hydrogen) atoms. The molecule has 0 spiro atoms. The van der Waals surface area contributed by atoms with Crippen LogP contribution in [0.25, 0.3) is 16.2 Å². The van der Waals surface area contributed by atoms with E-state index >= 15 is 0 Å². The van der Waals surface area contributed by atoms with Gasteiger partial charge in [-0.2, -0.15) is 0 Å². The lowest BCUT2D eigenvalue weighted by Gasteiger charge is -2.11. The molecule has 0 bridgehead atoms. The molecule has 6 nitrogen and oxygen atoms in total. The maximum absolute atomic E-state index is 12.5. The number of fused-ring (bicyclic) bond motifs is 1. The van der Waals surface area contributed by atoms with Gasteiger partial charge in [-0.3, -0.25) is 9.20 Å². The smallest absolute Gasteiger partial charge is 0.242 e. The molecule has 1 saturated heterocycles. The zero-order valence-corrected chi connectivity index (χ0v) is 15.9. The number of carbonyl (C=O) groups excluding carboxylic acids is 1. The van der Waals surface area contributed by atoms with E-state index in [0.29, 0.717) is 0 Å². The van der Waals surface area contributed by atoms with E-state index in [1.165, 1.54) is 4.88 Å². The summed E-state index contributed by atoms with van der Waals surface area (Å²) in [4.78, 5) is 19.4. The fraction of sp³-hybridized carbons (Fsp3) is 0.158. The number of amides is 1. The van der Waals surface area contributed by atoms with Crippen LogP contribution in [0, 0.1) is 0 Å². The summed E-state index contributed by atoms with van der Waals surface area (Å²) >= 11 is 3.31. The molecule has 1 aliphatic rings. The number of thiazole rings is 1. The minimum atomic E-state index is -0.253. The molecule has 2 atom stereocenters. The largest absolute Gasteiger partial charge is 0.325 e. The molecule has 0 aliphatic carbocycles. The third kappa shape index (κ3) is 3.28. The first-order chi connectivity index (χ1) is 13.3. The lowest BCUT2D eigenvalue weighted by molar-refractivity contribution is -0.117. The summed E-state index contributed by atoms with van der Waals surface area (Å²) in [7, 11) is 0. The fourth-order valence-electron chi connectivity index (χ4n) is 3.22. The highest BCUT2D eigenvalue weighted by Crippen LogP contribution is 2.27. The van der Waals surface area contributed by atoms with Gasteiger partial charge in [0.25, 0.3) is 0 Å². The van der Waals surface area contributed by atoms with E-state index in [2.05, 4.69) is 32.6 Å². The molecule has 4 heterocycles. The van der Waals surface area contributed by atoms with Gasteiger partial charge in [-0.1, -0.05) is 18.2 Å². The molecular weight excluding hydrogens is 378 g/mol. The number of carbonyl (C=O) groups is 1. The molecule has 2 unspecified atom stereocenters. The van der Waals surface area contributed by atoms with Crippen molar-refractivity contribution >= 4 is 39.2 Å². The highest BCUT2D eigenvalue weighted by Gasteiger charge is 2.30. The van der Waals surface area contributed by atoms with E-state index in [9.17, 15) is 4.79 Å². The average Bonchev–Trinajstić information content (AvgIpc) is 3.45. The topological polar surface area (TPSA) is 70.5 Å². The normalized spacial score (nSPS) is 19.6. The van der Waals surface area contributed by atoms with Gasteiger partial charge in [-0.25, -0.2) is 15.8 Å². The number of thiophene rings is 1. The van der Waals surface area contributed by atoms with Crippen LogP contribution in [0.2, 0.25) is 0 Å². The Kier molecular flexibility index (Phi) is 4.25. The average molecular weight is 396 g/mol. The SMILES string of the molecule is O=C(Nc1ccc(-c2cn3ccsc3n2)cc1)C1CC(c2cccs2)NN1. The zero-order chi connectivity index (χ0) is 18.2. The molecule has 4 aromatic rings. The number of aromatic nitrogens is 2. The molecule has 0 saturated carbocycles. The summed E-state index contributed by atoms with van der Waals surface area (Å²) in [5.74, 6) is -0.0307. The number of nitrogens with zero attached hydrogens (tertiary/aromatic N) is 2. The highest BCUT2D eigenvalue weighted by atomic mass is 32.1. The van der Waals surface area contributed by atoms with Crippen molar-refractivity contribution in [3.63, 3.8) is 0 Å². The van der Waals surface area contributed by atoms with Crippen molar-refractivity contribution in [3.05, 3.63) is 64.4 Å². The van der Waals surface area contributed by atoms with Crippen molar-refractivity contribution < 1.29 is 4.79 Å². The van der Waals surface area contributed by atoms with E-state index in [-0.39, 0.29) is 18.0 Å². The second kappa shape index (κ2) is 6.90. The van der Waals surface area contributed by atoms with Crippen LogP contribution < -0.4 is 16.2 Å². The molecule has 8 heteroatoms. The van der Waals surface area contributed by atoms with Gasteiger partial charge < -0.3 is 5.32 Å². The second-order valence-corrected chi connectivity index (χ2v) is 8.28. The molecule has 1 aliphatic heterocycles. The molecule has 0 radical (unpaired) electrons. The maximum Gasteiger partial charge on any atom is 0.242 e. The number of hydrogen-bond acceptors (Lipinski definition) is 6. The van der Waals surface area contributed by atoms with Crippen LogP contribution in [0.4, 0.5) is 5.69 Å².